The van der Waals surface area contributed by atoms with E-state index >= 15 is 0 Å². The lowest BCUT2D eigenvalue weighted by Crippen LogP contribution is -2.28. The number of carbonyl (C=O) groups is 1. The summed E-state index contributed by atoms with van der Waals surface area (Å²) in [4.78, 5) is 27.8. The van der Waals surface area contributed by atoms with Gasteiger partial charge in [-0.15, -0.1) is 5.10 Å². The topological polar surface area (TPSA) is 92.2 Å². The van der Waals surface area contributed by atoms with Crippen LogP contribution < -0.4 is 10.9 Å². The van der Waals surface area contributed by atoms with Gasteiger partial charge in [0.15, 0.2) is 11.2 Å². The molecule has 0 aliphatic carbocycles. The summed E-state index contributed by atoms with van der Waals surface area (Å²) < 4.78 is 14.7. The molecule has 1 atom stereocenters. The van der Waals surface area contributed by atoms with Crippen molar-refractivity contribution in [1.29, 1.82) is 0 Å². The number of H-pyrrole nitrogens is 1. The Morgan fingerprint density at radius 3 is 2.75 bits per heavy atom. The minimum atomic E-state index is -0.563. The van der Waals surface area contributed by atoms with Crippen LogP contribution in [-0.4, -0.2) is 25.7 Å². The zero-order valence-electron chi connectivity index (χ0n) is 15.6. The van der Waals surface area contributed by atoms with Gasteiger partial charge in [-0.05, 0) is 50.1 Å². The number of aromatic nitrogens is 4. The fourth-order valence-corrected chi connectivity index (χ4v) is 3.44. The van der Waals surface area contributed by atoms with Crippen molar-refractivity contribution in [2.75, 3.05) is 0 Å². The van der Waals surface area contributed by atoms with Crippen molar-refractivity contribution in [3.8, 4) is 0 Å². The lowest BCUT2D eigenvalue weighted by atomic mass is 10.0. The van der Waals surface area contributed by atoms with Crippen LogP contribution in [0.2, 0.25) is 0 Å². The molecule has 0 spiro atoms. The fraction of sp³-hybridized carbons (Fsp3) is 0.200. The molecule has 2 aromatic heterocycles. The number of amides is 1. The maximum atomic E-state index is 13.4. The summed E-state index contributed by atoms with van der Waals surface area (Å²) in [6.45, 7) is 5.85. The molecule has 0 fully saturated rings. The van der Waals surface area contributed by atoms with Crippen LogP contribution in [0.3, 0.4) is 0 Å². The average Bonchev–Trinajstić information content (AvgIpc) is 3.07. The molecule has 0 bridgehead atoms. The third-order valence-corrected chi connectivity index (χ3v) is 4.77. The molecular weight excluding hydrogens is 361 g/mol. The molecule has 1 amide bonds. The van der Waals surface area contributed by atoms with E-state index in [1.54, 1.807) is 0 Å². The molecule has 7 nitrogen and oxygen atoms in total. The second-order valence-corrected chi connectivity index (χ2v) is 6.87. The molecular formula is C20H18FN5O2. The number of hydrogen-bond donors (Lipinski definition) is 2. The summed E-state index contributed by atoms with van der Waals surface area (Å²) in [5, 5.41) is 10.7. The van der Waals surface area contributed by atoms with Crippen molar-refractivity contribution in [2.45, 2.75) is 26.8 Å². The quantitative estimate of drug-likeness (QED) is 0.573. The van der Waals surface area contributed by atoms with Crippen molar-refractivity contribution in [3.63, 3.8) is 0 Å². The van der Waals surface area contributed by atoms with Crippen LogP contribution in [0.5, 0.6) is 0 Å². The van der Waals surface area contributed by atoms with E-state index in [9.17, 15) is 14.0 Å². The molecule has 142 valence electrons. The molecule has 0 saturated heterocycles. The lowest BCUT2D eigenvalue weighted by molar-refractivity contribution is 0.0936. The van der Waals surface area contributed by atoms with E-state index in [4.69, 9.17) is 0 Å². The van der Waals surface area contributed by atoms with Crippen LogP contribution in [0.15, 0.2) is 41.2 Å². The molecule has 8 heteroatoms. The molecule has 28 heavy (non-hydrogen) atoms. The minimum Gasteiger partial charge on any atom is -0.344 e. The summed E-state index contributed by atoms with van der Waals surface area (Å²) in [5.74, 6) is -0.989. The van der Waals surface area contributed by atoms with Gasteiger partial charge in [0, 0.05) is 0 Å². The van der Waals surface area contributed by atoms with Gasteiger partial charge in [-0.3, -0.25) is 9.59 Å². The van der Waals surface area contributed by atoms with Gasteiger partial charge in [0.2, 0.25) is 0 Å². The maximum absolute atomic E-state index is 13.4. The first-order chi connectivity index (χ1) is 13.3. The number of carbonyl (C=O) groups excluding carboxylic acids is 1. The molecule has 2 heterocycles. The highest BCUT2D eigenvalue weighted by Gasteiger charge is 2.22. The third kappa shape index (κ3) is 2.92. The highest BCUT2D eigenvalue weighted by molar-refractivity contribution is 5.99. The Hall–Kier alpha value is -3.55. The summed E-state index contributed by atoms with van der Waals surface area (Å²) in [6, 6.07) is 9.63. The van der Waals surface area contributed by atoms with Gasteiger partial charge in [0.05, 0.1) is 17.1 Å². The molecule has 0 aliphatic rings. The largest absolute Gasteiger partial charge is 0.344 e. The predicted octanol–water partition coefficient (Wildman–Crippen LogP) is 2.82. The summed E-state index contributed by atoms with van der Waals surface area (Å²) in [7, 11) is 0. The van der Waals surface area contributed by atoms with Gasteiger partial charge in [-0.1, -0.05) is 29.0 Å². The monoisotopic (exact) mass is 379 g/mol. The van der Waals surface area contributed by atoms with Crippen molar-refractivity contribution in [3.05, 3.63) is 75.0 Å². The number of nitrogens with one attached hydrogen (secondary N) is 2. The Bertz CT molecular complexity index is 1290. The molecule has 4 aromatic rings. The van der Waals surface area contributed by atoms with E-state index in [0.29, 0.717) is 5.52 Å². The molecule has 0 aliphatic heterocycles. The molecule has 0 saturated carbocycles. The first-order valence-corrected chi connectivity index (χ1v) is 8.80. The number of halogens is 1. The van der Waals surface area contributed by atoms with Gasteiger partial charge in [0.1, 0.15) is 5.82 Å². The zero-order valence-corrected chi connectivity index (χ0v) is 15.6. The van der Waals surface area contributed by atoms with Crippen molar-refractivity contribution in [1.82, 2.24) is 25.1 Å². The normalized spacial score (nSPS) is 12.4. The fourth-order valence-electron chi connectivity index (χ4n) is 3.44. The third-order valence-electron chi connectivity index (χ3n) is 4.77. The van der Waals surface area contributed by atoms with E-state index in [2.05, 4.69) is 20.6 Å². The van der Waals surface area contributed by atoms with Crippen LogP contribution in [0.25, 0.3) is 16.6 Å². The molecule has 0 radical (unpaired) electrons. The number of rotatable bonds is 3. The van der Waals surface area contributed by atoms with E-state index in [1.807, 2.05) is 39.0 Å². The van der Waals surface area contributed by atoms with Crippen LogP contribution in [0.1, 0.15) is 40.1 Å². The van der Waals surface area contributed by atoms with E-state index in [0.717, 1.165) is 16.7 Å². The molecule has 4 rings (SSSR count). The van der Waals surface area contributed by atoms with Gasteiger partial charge in [-0.25, -0.2) is 8.91 Å². The zero-order chi connectivity index (χ0) is 20.0. The first-order valence-electron chi connectivity index (χ1n) is 8.80. The van der Waals surface area contributed by atoms with Gasteiger partial charge < -0.3 is 10.3 Å². The Morgan fingerprint density at radius 2 is 2.00 bits per heavy atom. The Kier molecular flexibility index (Phi) is 4.18. The van der Waals surface area contributed by atoms with Crippen molar-refractivity contribution >= 4 is 22.5 Å². The highest BCUT2D eigenvalue weighted by Crippen LogP contribution is 2.20. The number of benzene rings is 2. The van der Waals surface area contributed by atoms with Gasteiger partial charge >= 0.3 is 0 Å². The number of fused-ring (bicyclic) bond motifs is 3. The van der Waals surface area contributed by atoms with E-state index in [-0.39, 0.29) is 22.8 Å². The minimum absolute atomic E-state index is 0.0180. The molecule has 2 N–H and O–H groups in total. The average molecular weight is 379 g/mol. The molecule has 1 unspecified atom stereocenters. The van der Waals surface area contributed by atoms with Crippen molar-refractivity contribution in [2.24, 2.45) is 0 Å². The van der Waals surface area contributed by atoms with E-state index in [1.165, 1.54) is 22.7 Å². The van der Waals surface area contributed by atoms with Crippen LogP contribution in [0, 0.1) is 19.7 Å². The summed E-state index contributed by atoms with van der Waals surface area (Å²) in [5.41, 5.74) is 3.28. The van der Waals surface area contributed by atoms with Gasteiger partial charge in [0.25, 0.3) is 11.5 Å². The standard InChI is InChI=1S/C20H18FN5O2/c1-10-4-6-14(11(2)8-10)12(3)22-19(27)17-18-20(28)23-15-9-13(21)5-7-16(15)26(18)25-24-17/h4-9,12H,1-3H3,(H,22,27)(H,23,28). The Balaban J connectivity index is 1.73. The number of aryl methyl sites for hydroxylation is 2. The number of aromatic amines is 1. The van der Waals surface area contributed by atoms with Crippen molar-refractivity contribution < 1.29 is 9.18 Å². The lowest BCUT2D eigenvalue weighted by Gasteiger charge is -2.16. The molecule has 2 aromatic carbocycles. The number of hydrogen-bond acceptors (Lipinski definition) is 4. The Labute approximate surface area is 159 Å². The van der Waals surface area contributed by atoms with Gasteiger partial charge in [-0.2, -0.15) is 0 Å². The maximum Gasteiger partial charge on any atom is 0.277 e. The van der Waals surface area contributed by atoms with Crippen LogP contribution in [-0.2, 0) is 0 Å². The summed E-state index contributed by atoms with van der Waals surface area (Å²) >= 11 is 0. The number of nitrogens with zero attached hydrogens (tertiary/aromatic N) is 3. The highest BCUT2D eigenvalue weighted by atomic mass is 19.1. The second-order valence-electron chi connectivity index (χ2n) is 6.87. The van der Waals surface area contributed by atoms with Crippen LogP contribution in [0.4, 0.5) is 4.39 Å². The first kappa shape index (κ1) is 17.8. The predicted molar refractivity (Wildman–Crippen MR) is 103 cm³/mol. The SMILES string of the molecule is Cc1ccc(C(C)NC(=O)c2nnn3c2c(=O)[nH]c2cc(F)ccc23)c(C)c1. The smallest absolute Gasteiger partial charge is 0.277 e. The summed E-state index contributed by atoms with van der Waals surface area (Å²) in [6.07, 6.45) is 0. The Morgan fingerprint density at radius 1 is 1.21 bits per heavy atom. The second kappa shape index (κ2) is 6.56. The van der Waals surface area contributed by atoms with E-state index < -0.39 is 17.3 Å². The van der Waals surface area contributed by atoms with Crippen LogP contribution >= 0.6 is 0 Å².